The molecule has 2 N–H and O–H groups in total. The summed E-state index contributed by atoms with van der Waals surface area (Å²) in [6.07, 6.45) is 6.46. The molecule has 0 bridgehead atoms. The van der Waals surface area contributed by atoms with E-state index in [1.807, 2.05) is 4.57 Å². The van der Waals surface area contributed by atoms with E-state index in [2.05, 4.69) is 9.97 Å². The SMILES string of the molecule is CC(=O)c1cn(C2CC2)c2c(C)c(-c3cnc(N)nc3)c(F)cc2c1=O. The van der Waals surface area contributed by atoms with Crippen molar-refractivity contribution in [2.75, 3.05) is 5.73 Å². The van der Waals surface area contributed by atoms with Gasteiger partial charge in [0.25, 0.3) is 0 Å². The second-order valence-electron chi connectivity index (χ2n) is 6.65. The molecule has 0 spiro atoms. The molecule has 1 aromatic carbocycles. The van der Waals surface area contributed by atoms with Crippen LogP contribution >= 0.6 is 0 Å². The van der Waals surface area contributed by atoms with E-state index >= 15 is 0 Å². The molecule has 1 aliphatic carbocycles. The van der Waals surface area contributed by atoms with Crippen LogP contribution in [0.25, 0.3) is 22.0 Å². The number of aryl methyl sites for hydroxylation is 1. The predicted octanol–water partition coefficient (Wildman–Crippen LogP) is 3.03. The number of Topliss-reactive ketones (excluding diaryl/α,β-unsaturated/α-hetero) is 1. The van der Waals surface area contributed by atoms with Crippen molar-refractivity contribution >= 4 is 22.6 Å². The van der Waals surface area contributed by atoms with Crippen molar-refractivity contribution < 1.29 is 9.18 Å². The molecule has 0 saturated heterocycles. The lowest BCUT2D eigenvalue weighted by Gasteiger charge is -2.17. The van der Waals surface area contributed by atoms with Gasteiger partial charge in [-0.3, -0.25) is 9.59 Å². The minimum atomic E-state index is -0.552. The first kappa shape index (κ1) is 16.4. The molecule has 0 aliphatic heterocycles. The van der Waals surface area contributed by atoms with Crippen molar-refractivity contribution in [1.29, 1.82) is 0 Å². The first-order chi connectivity index (χ1) is 12.4. The molecule has 1 saturated carbocycles. The van der Waals surface area contributed by atoms with Crippen molar-refractivity contribution in [2.45, 2.75) is 32.7 Å². The van der Waals surface area contributed by atoms with Gasteiger partial charge in [-0.25, -0.2) is 14.4 Å². The Labute approximate surface area is 148 Å². The van der Waals surface area contributed by atoms with Gasteiger partial charge in [0.05, 0.1) is 11.1 Å². The zero-order valence-electron chi connectivity index (χ0n) is 14.4. The van der Waals surface area contributed by atoms with E-state index in [4.69, 9.17) is 5.73 Å². The maximum Gasteiger partial charge on any atom is 0.219 e. The maximum atomic E-state index is 14.9. The summed E-state index contributed by atoms with van der Waals surface area (Å²) < 4.78 is 16.8. The zero-order chi connectivity index (χ0) is 18.6. The molecule has 2 aromatic heterocycles. The number of nitrogens with zero attached hydrogens (tertiary/aromatic N) is 3. The van der Waals surface area contributed by atoms with Crippen LogP contribution in [-0.4, -0.2) is 20.3 Å². The first-order valence-electron chi connectivity index (χ1n) is 8.35. The number of benzene rings is 1. The first-order valence-corrected chi connectivity index (χ1v) is 8.35. The highest BCUT2D eigenvalue weighted by Crippen LogP contribution is 2.40. The van der Waals surface area contributed by atoms with Gasteiger partial charge in [-0.15, -0.1) is 0 Å². The number of rotatable bonds is 3. The Morgan fingerprint density at radius 1 is 1.31 bits per heavy atom. The predicted molar refractivity (Wildman–Crippen MR) is 96.6 cm³/mol. The Balaban J connectivity index is 2.10. The molecular weight excluding hydrogens is 335 g/mol. The van der Waals surface area contributed by atoms with E-state index in [-0.39, 0.29) is 28.7 Å². The molecule has 1 fully saturated rings. The third-order valence-corrected chi connectivity index (χ3v) is 4.79. The summed E-state index contributed by atoms with van der Waals surface area (Å²) in [6.45, 7) is 3.12. The second-order valence-corrected chi connectivity index (χ2v) is 6.65. The van der Waals surface area contributed by atoms with Gasteiger partial charge in [-0.1, -0.05) is 0 Å². The van der Waals surface area contributed by atoms with E-state index < -0.39 is 11.2 Å². The summed E-state index contributed by atoms with van der Waals surface area (Å²) in [5.41, 5.74) is 7.26. The Bertz CT molecular complexity index is 1120. The van der Waals surface area contributed by atoms with Crippen LogP contribution in [0.3, 0.4) is 0 Å². The molecule has 3 aromatic rings. The Morgan fingerprint density at radius 3 is 2.54 bits per heavy atom. The van der Waals surface area contributed by atoms with Crippen molar-refractivity contribution in [3.63, 3.8) is 0 Å². The van der Waals surface area contributed by atoms with Crippen LogP contribution in [0.1, 0.15) is 41.7 Å². The van der Waals surface area contributed by atoms with Crippen LogP contribution in [0.5, 0.6) is 0 Å². The van der Waals surface area contributed by atoms with Gasteiger partial charge >= 0.3 is 0 Å². The monoisotopic (exact) mass is 352 g/mol. The highest BCUT2D eigenvalue weighted by molar-refractivity contribution is 5.99. The van der Waals surface area contributed by atoms with Crippen LogP contribution in [0, 0.1) is 12.7 Å². The number of halogens is 1. The summed E-state index contributed by atoms with van der Waals surface area (Å²) >= 11 is 0. The summed E-state index contributed by atoms with van der Waals surface area (Å²) in [5, 5.41) is 0.222. The fourth-order valence-electron chi connectivity index (χ4n) is 3.39. The van der Waals surface area contributed by atoms with Crippen LogP contribution in [0.15, 0.2) is 29.5 Å². The number of hydrogen-bond acceptors (Lipinski definition) is 5. The quantitative estimate of drug-likeness (QED) is 0.732. The lowest BCUT2D eigenvalue weighted by molar-refractivity contribution is 0.101. The van der Waals surface area contributed by atoms with Gasteiger partial charge in [-0.2, -0.15) is 0 Å². The lowest BCUT2D eigenvalue weighted by Crippen LogP contribution is -2.18. The number of nitrogen functional groups attached to an aromatic ring is 1. The zero-order valence-corrected chi connectivity index (χ0v) is 14.4. The molecule has 0 atom stereocenters. The molecule has 7 heteroatoms. The molecule has 132 valence electrons. The number of nitrogens with two attached hydrogens (primary N) is 1. The molecule has 0 amide bonds. The van der Waals surface area contributed by atoms with Crippen LogP contribution < -0.4 is 11.2 Å². The summed E-state index contributed by atoms with van der Waals surface area (Å²) in [7, 11) is 0. The molecule has 4 rings (SSSR count). The number of hydrogen-bond donors (Lipinski definition) is 1. The third-order valence-electron chi connectivity index (χ3n) is 4.79. The fourth-order valence-corrected chi connectivity index (χ4v) is 3.39. The molecule has 1 aliphatic rings. The number of carbonyl (C=O) groups is 1. The number of anilines is 1. The topological polar surface area (TPSA) is 90.9 Å². The smallest absolute Gasteiger partial charge is 0.219 e. The summed E-state index contributed by atoms with van der Waals surface area (Å²) in [6, 6.07) is 1.43. The minimum absolute atomic E-state index is 0.0896. The number of ketones is 1. The Hall–Kier alpha value is -3.09. The maximum absolute atomic E-state index is 14.9. The van der Waals surface area contributed by atoms with E-state index in [0.717, 1.165) is 12.8 Å². The molecular formula is C19H17FN4O2. The number of carbonyl (C=O) groups excluding carboxylic acids is 1. The normalized spacial score (nSPS) is 14.0. The van der Waals surface area contributed by atoms with Crippen molar-refractivity contribution in [3.05, 3.63) is 51.8 Å². The summed E-state index contributed by atoms with van der Waals surface area (Å²) in [5.74, 6) is -0.766. The van der Waals surface area contributed by atoms with Gasteiger partial charge in [0.15, 0.2) is 11.2 Å². The highest BCUT2D eigenvalue weighted by atomic mass is 19.1. The molecule has 0 unspecified atom stereocenters. The standard InChI is InChI=1S/C19H17FN4O2/c1-9-16(11-6-22-19(21)23-7-11)15(20)5-13-17(9)24(12-3-4-12)8-14(10(2)25)18(13)26/h5-8,12H,3-4H2,1-2H3,(H2,21,22,23). The van der Waals surface area contributed by atoms with Gasteiger partial charge in [0.1, 0.15) is 5.82 Å². The van der Waals surface area contributed by atoms with E-state index in [1.54, 1.807) is 13.1 Å². The fraction of sp³-hybridized carbons (Fsp3) is 0.263. The van der Waals surface area contributed by atoms with Crippen LogP contribution in [0.2, 0.25) is 0 Å². The highest BCUT2D eigenvalue weighted by Gasteiger charge is 2.28. The number of fused-ring (bicyclic) bond motifs is 1. The van der Waals surface area contributed by atoms with Gasteiger partial charge in [-0.05, 0) is 38.3 Å². The number of aromatic nitrogens is 3. The van der Waals surface area contributed by atoms with Crippen molar-refractivity contribution in [1.82, 2.24) is 14.5 Å². The van der Waals surface area contributed by atoms with Crippen molar-refractivity contribution in [3.8, 4) is 11.1 Å². The van der Waals surface area contributed by atoms with E-state index in [1.165, 1.54) is 25.4 Å². The van der Waals surface area contributed by atoms with Crippen LogP contribution in [0.4, 0.5) is 10.3 Å². The molecule has 2 heterocycles. The van der Waals surface area contributed by atoms with Gasteiger partial charge in [0, 0.05) is 41.1 Å². The average molecular weight is 352 g/mol. The van der Waals surface area contributed by atoms with Crippen LogP contribution in [-0.2, 0) is 0 Å². The summed E-state index contributed by atoms with van der Waals surface area (Å²) in [4.78, 5) is 32.4. The number of pyridine rings is 1. The lowest BCUT2D eigenvalue weighted by atomic mass is 9.97. The van der Waals surface area contributed by atoms with Gasteiger partial charge in [0.2, 0.25) is 5.95 Å². The van der Waals surface area contributed by atoms with E-state index in [9.17, 15) is 14.0 Å². The largest absolute Gasteiger partial charge is 0.368 e. The van der Waals surface area contributed by atoms with Gasteiger partial charge < -0.3 is 10.3 Å². The van der Waals surface area contributed by atoms with E-state index in [0.29, 0.717) is 22.2 Å². The average Bonchev–Trinajstić information content (AvgIpc) is 3.42. The third kappa shape index (κ3) is 2.47. The van der Waals surface area contributed by atoms with Crippen molar-refractivity contribution in [2.24, 2.45) is 0 Å². The molecule has 26 heavy (non-hydrogen) atoms. The molecule has 0 radical (unpaired) electrons. The second kappa shape index (κ2) is 5.72. The minimum Gasteiger partial charge on any atom is -0.368 e. The molecule has 6 nitrogen and oxygen atoms in total. The Kier molecular flexibility index (Phi) is 3.61. The Morgan fingerprint density at radius 2 is 1.96 bits per heavy atom.